The van der Waals surface area contributed by atoms with Gasteiger partial charge in [0, 0.05) is 36.6 Å². The van der Waals surface area contributed by atoms with E-state index in [-0.39, 0.29) is 18.4 Å². The molecule has 1 aromatic carbocycles. The lowest BCUT2D eigenvalue weighted by Gasteiger charge is -2.21. The third-order valence-electron chi connectivity index (χ3n) is 3.58. The van der Waals surface area contributed by atoms with E-state index in [0.717, 1.165) is 13.0 Å². The van der Waals surface area contributed by atoms with Crippen molar-refractivity contribution in [2.75, 3.05) is 32.7 Å². The van der Waals surface area contributed by atoms with Crippen LogP contribution in [-0.2, 0) is 4.79 Å². The van der Waals surface area contributed by atoms with Gasteiger partial charge in [0.1, 0.15) is 0 Å². The lowest BCUT2D eigenvalue weighted by molar-refractivity contribution is -0.119. The van der Waals surface area contributed by atoms with Gasteiger partial charge in [-0.2, -0.15) is 8.78 Å². The summed E-state index contributed by atoms with van der Waals surface area (Å²) in [5.74, 6) is -2.98. The highest BCUT2D eigenvalue weighted by atomic mass is 32.2. The molecule has 1 heterocycles. The summed E-state index contributed by atoms with van der Waals surface area (Å²) in [4.78, 5) is 27.5. The van der Waals surface area contributed by atoms with Crippen molar-refractivity contribution in [2.24, 2.45) is 5.73 Å². The fraction of sp³-hybridized carbons (Fsp3) is 0.467. The van der Waals surface area contributed by atoms with E-state index in [1.807, 2.05) is 4.90 Å². The largest absolute Gasteiger partial charge is 0.369 e. The van der Waals surface area contributed by atoms with Crippen molar-refractivity contribution >= 4 is 23.6 Å². The van der Waals surface area contributed by atoms with E-state index >= 15 is 0 Å². The molecule has 0 bridgehead atoms. The van der Waals surface area contributed by atoms with Crippen LogP contribution in [0, 0.1) is 0 Å². The van der Waals surface area contributed by atoms with Gasteiger partial charge in [0.25, 0.3) is 11.7 Å². The van der Waals surface area contributed by atoms with E-state index in [1.54, 1.807) is 17.0 Å². The van der Waals surface area contributed by atoms with Crippen LogP contribution in [0.4, 0.5) is 8.78 Å². The molecular formula is C15H19F2N3O2S. The molecule has 8 heteroatoms. The molecule has 1 fully saturated rings. The van der Waals surface area contributed by atoms with Crippen molar-refractivity contribution in [1.29, 1.82) is 0 Å². The molecule has 126 valence electrons. The highest BCUT2D eigenvalue weighted by Gasteiger charge is 2.21. The smallest absolute Gasteiger partial charge is 0.288 e. The topological polar surface area (TPSA) is 66.6 Å². The number of carbonyl (C=O) groups excluding carboxylic acids is 2. The quantitative estimate of drug-likeness (QED) is 0.826. The summed E-state index contributed by atoms with van der Waals surface area (Å²) >= 11 is 0.455. The van der Waals surface area contributed by atoms with E-state index in [1.165, 1.54) is 12.1 Å². The second kappa shape index (κ2) is 8.26. The maximum Gasteiger partial charge on any atom is 0.288 e. The number of amides is 2. The number of benzene rings is 1. The van der Waals surface area contributed by atoms with E-state index in [4.69, 9.17) is 5.73 Å². The molecule has 0 spiro atoms. The molecule has 0 unspecified atom stereocenters. The molecule has 0 atom stereocenters. The Morgan fingerprint density at radius 3 is 2.43 bits per heavy atom. The van der Waals surface area contributed by atoms with Crippen LogP contribution >= 0.6 is 11.8 Å². The average molecular weight is 343 g/mol. The number of carbonyl (C=O) groups is 2. The molecule has 1 saturated heterocycles. The maximum absolute atomic E-state index is 12.5. The number of hydrogen-bond donors (Lipinski definition) is 1. The molecular weight excluding hydrogens is 324 g/mol. The van der Waals surface area contributed by atoms with Crippen LogP contribution in [0.3, 0.4) is 0 Å². The Morgan fingerprint density at radius 2 is 1.83 bits per heavy atom. The first kappa shape index (κ1) is 17.7. The van der Waals surface area contributed by atoms with Crippen molar-refractivity contribution in [3.63, 3.8) is 0 Å². The lowest BCUT2D eigenvalue weighted by Crippen LogP contribution is -2.38. The Bertz CT molecular complexity index is 554. The number of alkyl halides is 2. The molecule has 2 N–H and O–H groups in total. The number of hydrogen-bond acceptors (Lipinski definition) is 4. The first-order valence-electron chi connectivity index (χ1n) is 7.30. The fourth-order valence-electron chi connectivity index (χ4n) is 2.51. The van der Waals surface area contributed by atoms with Gasteiger partial charge >= 0.3 is 0 Å². The first-order chi connectivity index (χ1) is 11.0. The minimum Gasteiger partial charge on any atom is -0.369 e. The van der Waals surface area contributed by atoms with Crippen molar-refractivity contribution in [1.82, 2.24) is 9.80 Å². The monoisotopic (exact) mass is 343 g/mol. The highest BCUT2D eigenvalue weighted by molar-refractivity contribution is 7.99. The van der Waals surface area contributed by atoms with Gasteiger partial charge in [-0.3, -0.25) is 14.5 Å². The van der Waals surface area contributed by atoms with Gasteiger partial charge in [-0.25, -0.2) is 0 Å². The summed E-state index contributed by atoms with van der Waals surface area (Å²) in [7, 11) is 0. The van der Waals surface area contributed by atoms with Gasteiger partial charge in [-0.05, 0) is 30.7 Å². The molecule has 5 nitrogen and oxygen atoms in total. The average Bonchev–Trinajstić information content (AvgIpc) is 2.72. The zero-order chi connectivity index (χ0) is 16.8. The van der Waals surface area contributed by atoms with Gasteiger partial charge in [0.2, 0.25) is 5.91 Å². The third-order valence-corrected chi connectivity index (χ3v) is 4.30. The number of primary amides is 1. The molecule has 0 aliphatic carbocycles. The second-order valence-corrected chi connectivity index (χ2v) is 6.35. The minimum absolute atomic E-state index is 0.125. The first-order valence-corrected chi connectivity index (χ1v) is 8.18. The van der Waals surface area contributed by atoms with E-state index in [2.05, 4.69) is 0 Å². The van der Waals surface area contributed by atoms with E-state index < -0.39 is 5.76 Å². The lowest BCUT2D eigenvalue weighted by atomic mass is 10.2. The zero-order valence-corrected chi connectivity index (χ0v) is 13.4. The van der Waals surface area contributed by atoms with Crippen LogP contribution < -0.4 is 5.73 Å². The zero-order valence-electron chi connectivity index (χ0n) is 12.6. The number of rotatable bonds is 5. The van der Waals surface area contributed by atoms with Crippen LogP contribution in [0.1, 0.15) is 16.8 Å². The second-order valence-electron chi connectivity index (χ2n) is 5.29. The molecule has 0 radical (unpaired) electrons. The highest BCUT2D eigenvalue weighted by Crippen LogP contribution is 2.25. The van der Waals surface area contributed by atoms with Gasteiger partial charge in [0.15, 0.2) is 0 Å². The Balaban J connectivity index is 1.95. The van der Waals surface area contributed by atoms with Crippen LogP contribution in [-0.4, -0.2) is 60.1 Å². The van der Waals surface area contributed by atoms with Gasteiger partial charge in [-0.1, -0.05) is 11.8 Å². The maximum atomic E-state index is 12.5. The van der Waals surface area contributed by atoms with E-state index in [0.29, 0.717) is 41.9 Å². The molecule has 1 aliphatic rings. The van der Waals surface area contributed by atoms with Crippen LogP contribution in [0.25, 0.3) is 0 Å². The van der Waals surface area contributed by atoms with E-state index in [9.17, 15) is 18.4 Å². The van der Waals surface area contributed by atoms with Crippen LogP contribution in [0.2, 0.25) is 0 Å². The third kappa shape index (κ3) is 5.47. The summed E-state index contributed by atoms with van der Waals surface area (Å²) in [5, 5.41) is 0. The van der Waals surface area contributed by atoms with Crippen molar-refractivity contribution in [3.8, 4) is 0 Å². The Hall–Kier alpha value is -1.67. The normalized spacial score (nSPS) is 16.4. The van der Waals surface area contributed by atoms with Gasteiger partial charge in [-0.15, -0.1) is 0 Å². The Morgan fingerprint density at radius 1 is 1.13 bits per heavy atom. The number of halogens is 2. The Labute approximate surface area is 137 Å². The minimum atomic E-state index is -2.47. The SMILES string of the molecule is NC(=O)CN1CCCN(C(=O)c2ccc(SC(F)F)cc2)CC1. The fourth-order valence-corrected chi connectivity index (χ4v) is 3.01. The predicted molar refractivity (Wildman–Crippen MR) is 84.5 cm³/mol. The standard InChI is InChI=1S/C15H19F2N3O2S/c16-15(17)23-12-4-2-11(3-5-12)14(22)20-7-1-6-19(8-9-20)10-13(18)21/h2-5,15H,1,6-10H2,(H2,18,21). The summed E-state index contributed by atoms with van der Waals surface area (Å²) in [6.07, 6.45) is 0.762. The summed E-state index contributed by atoms with van der Waals surface area (Å²) in [5.41, 5.74) is 5.67. The molecule has 23 heavy (non-hydrogen) atoms. The number of nitrogens with zero attached hydrogens (tertiary/aromatic N) is 2. The summed E-state index contributed by atoms with van der Waals surface area (Å²) < 4.78 is 24.6. The number of thioether (sulfide) groups is 1. The van der Waals surface area contributed by atoms with Crippen LogP contribution in [0.15, 0.2) is 29.2 Å². The van der Waals surface area contributed by atoms with Crippen molar-refractivity contribution in [3.05, 3.63) is 29.8 Å². The predicted octanol–water partition coefficient (Wildman–Crippen LogP) is 1.63. The molecule has 1 aliphatic heterocycles. The molecule has 1 aromatic rings. The summed E-state index contributed by atoms with van der Waals surface area (Å²) in [6, 6.07) is 6.20. The Kier molecular flexibility index (Phi) is 6.35. The molecule has 0 saturated carbocycles. The molecule has 2 amide bonds. The molecule has 2 rings (SSSR count). The molecule has 0 aromatic heterocycles. The van der Waals surface area contributed by atoms with Crippen molar-refractivity contribution < 1.29 is 18.4 Å². The van der Waals surface area contributed by atoms with Crippen molar-refractivity contribution in [2.45, 2.75) is 17.1 Å². The van der Waals surface area contributed by atoms with Crippen LogP contribution in [0.5, 0.6) is 0 Å². The summed E-state index contributed by atoms with van der Waals surface area (Å²) in [6.45, 7) is 2.62. The van der Waals surface area contributed by atoms with Gasteiger partial charge in [0.05, 0.1) is 6.54 Å². The van der Waals surface area contributed by atoms with Gasteiger partial charge < -0.3 is 10.6 Å². The number of nitrogens with two attached hydrogens (primary N) is 1.